The second-order valence-corrected chi connectivity index (χ2v) is 14.6. The molecule has 0 amide bonds. The van der Waals surface area contributed by atoms with Gasteiger partial charge in [0.15, 0.2) is 5.82 Å². The standard InChI is InChI=1S/C54H35N3O/c1-3-12-36(13-4-1)38-22-29-42(30-23-38)57(43-31-24-39(25-32-43)37-14-5-2-6-15-37)44-33-26-41(27-34-44)54-55-50-21-10-9-18-48(50)51(56-54)49-20-11-19-46-47-35-28-40-16-7-8-17-45(40)52(47)58-53(46)49/h1-35H. The van der Waals surface area contributed by atoms with Crippen molar-refractivity contribution >= 4 is 60.7 Å². The normalized spacial score (nSPS) is 11.4. The zero-order valence-corrected chi connectivity index (χ0v) is 31.5. The maximum atomic E-state index is 6.77. The molecular formula is C54H35N3O. The Labute approximate surface area is 335 Å². The fraction of sp³-hybridized carbons (Fsp3) is 0. The number of hydrogen-bond donors (Lipinski definition) is 0. The van der Waals surface area contributed by atoms with Gasteiger partial charge in [-0.05, 0) is 94.4 Å². The molecular weight excluding hydrogens is 707 g/mol. The first-order valence-corrected chi connectivity index (χ1v) is 19.6. The van der Waals surface area contributed by atoms with Gasteiger partial charge in [-0.25, -0.2) is 9.97 Å². The number of para-hydroxylation sites is 2. The third-order valence-corrected chi connectivity index (χ3v) is 11.1. The number of nitrogens with zero attached hydrogens (tertiary/aromatic N) is 3. The predicted molar refractivity (Wildman–Crippen MR) is 241 cm³/mol. The van der Waals surface area contributed by atoms with Crippen molar-refractivity contribution in [3.63, 3.8) is 0 Å². The molecule has 11 aromatic rings. The highest BCUT2D eigenvalue weighted by molar-refractivity contribution is 6.18. The van der Waals surface area contributed by atoms with E-state index >= 15 is 0 Å². The fourth-order valence-corrected chi connectivity index (χ4v) is 8.20. The first-order chi connectivity index (χ1) is 28.7. The van der Waals surface area contributed by atoms with Crippen LogP contribution in [0.5, 0.6) is 0 Å². The van der Waals surface area contributed by atoms with E-state index in [0.29, 0.717) is 5.82 Å². The zero-order valence-electron chi connectivity index (χ0n) is 31.5. The fourth-order valence-electron chi connectivity index (χ4n) is 8.20. The zero-order chi connectivity index (χ0) is 38.4. The van der Waals surface area contributed by atoms with Crippen LogP contribution in [0.2, 0.25) is 0 Å². The molecule has 0 unspecified atom stereocenters. The molecule has 0 aliphatic heterocycles. The summed E-state index contributed by atoms with van der Waals surface area (Å²) in [5.74, 6) is 0.657. The Morgan fingerprint density at radius 2 is 0.828 bits per heavy atom. The molecule has 2 heterocycles. The quantitative estimate of drug-likeness (QED) is 0.163. The van der Waals surface area contributed by atoms with Crippen LogP contribution in [-0.4, -0.2) is 9.97 Å². The highest BCUT2D eigenvalue weighted by Gasteiger charge is 2.19. The molecule has 0 radical (unpaired) electrons. The van der Waals surface area contributed by atoms with Crippen LogP contribution in [0.3, 0.4) is 0 Å². The Morgan fingerprint density at radius 1 is 0.328 bits per heavy atom. The molecule has 0 saturated carbocycles. The van der Waals surface area contributed by atoms with Crippen LogP contribution in [0.1, 0.15) is 0 Å². The molecule has 4 heteroatoms. The summed E-state index contributed by atoms with van der Waals surface area (Å²) < 4.78 is 6.77. The summed E-state index contributed by atoms with van der Waals surface area (Å²) in [5, 5.41) is 5.40. The third kappa shape index (κ3) is 5.87. The van der Waals surface area contributed by atoms with Gasteiger partial charge in [0.1, 0.15) is 11.2 Å². The second kappa shape index (κ2) is 14.0. The van der Waals surface area contributed by atoms with E-state index in [1.165, 1.54) is 22.3 Å². The van der Waals surface area contributed by atoms with E-state index in [0.717, 1.165) is 77.5 Å². The van der Waals surface area contributed by atoms with Gasteiger partial charge in [-0.1, -0.05) is 146 Å². The van der Waals surface area contributed by atoms with Crippen molar-refractivity contribution in [1.82, 2.24) is 9.97 Å². The molecule has 0 atom stereocenters. The van der Waals surface area contributed by atoms with Gasteiger partial charge < -0.3 is 9.32 Å². The summed E-state index contributed by atoms with van der Waals surface area (Å²) >= 11 is 0. The number of aromatic nitrogens is 2. The number of hydrogen-bond acceptors (Lipinski definition) is 4. The molecule has 0 bridgehead atoms. The van der Waals surface area contributed by atoms with Crippen LogP contribution < -0.4 is 4.90 Å². The Bertz CT molecular complexity index is 3160. The van der Waals surface area contributed by atoms with Crippen molar-refractivity contribution in [3.8, 4) is 44.9 Å². The largest absolute Gasteiger partial charge is 0.455 e. The maximum absolute atomic E-state index is 6.77. The minimum absolute atomic E-state index is 0.657. The van der Waals surface area contributed by atoms with Crippen molar-refractivity contribution in [1.29, 1.82) is 0 Å². The lowest BCUT2D eigenvalue weighted by molar-refractivity contribution is 0.673. The summed E-state index contributed by atoms with van der Waals surface area (Å²) in [5.41, 5.74) is 13.2. The van der Waals surface area contributed by atoms with Gasteiger partial charge >= 0.3 is 0 Å². The molecule has 11 rings (SSSR count). The van der Waals surface area contributed by atoms with Crippen molar-refractivity contribution in [2.75, 3.05) is 4.90 Å². The van der Waals surface area contributed by atoms with Crippen molar-refractivity contribution < 1.29 is 4.42 Å². The van der Waals surface area contributed by atoms with E-state index in [9.17, 15) is 0 Å². The summed E-state index contributed by atoms with van der Waals surface area (Å²) in [6.45, 7) is 0. The average Bonchev–Trinajstić information content (AvgIpc) is 3.70. The van der Waals surface area contributed by atoms with Gasteiger partial charge in [-0.3, -0.25) is 0 Å². The second-order valence-electron chi connectivity index (χ2n) is 14.6. The topological polar surface area (TPSA) is 42.2 Å². The van der Waals surface area contributed by atoms with Gasteiger partial charge in [-0.2, -0.15) is 0 Å². The summed E-state index contributed by atoms with van der Waals surface area (Å²) in [6, 6.07) is 74.4. The van der Waals surface area contributed by atoms with Crippen molar-refractivity contribution in [3.05, 3.63) is 212 Å². The first-order valence-electron chi connectivity index (χ1n) is 19.6. The lowest BCUT2D eigenvalue weighted by Crippen LogP contribution is -2.10. The number of furan rings is 1. The number of anilines is 3. The van der Waals surface area contributed by atoms with Gasteiger partial charge in [0.25, 0.3) is 0 Å². The average molecular weight is 742 g/mol. The number of fused-ring (bicyclic) bond motifs is 6. The van der Waals surface area contributed by atoms with Gasteiger partial charge in [0, 0.05) is 49.7 Å². The highest BCUT2D eigenvalue weighted by atomic mass is 16.3. The lowest BCUT2D eigenvalue weighted by Gasteiger charge is -2.26. The lowest BCUT2D eigenvalue weighted by atomic mass is 10.0. The van der Waals surface area contributed by atoms with Crippen LogP contribution >= 0.6 is 0 Å². The predicted octanol–water partition coefficient (Wildman–Crippen LogP) is 14.8. The van der Waals surface area contributed by atoms with E-state index in [2.05, 4.69) is 205 Å². The highest BCUT2D eigenvalue weighted by Crippen LogP contribution is 2.41. The van der Waals surface area contributed by atoms with E-state index in [1.807, 2.05) is 12.1 Å². The molecule has 4 nitrogen and oxygen atoms in total. The van der Waals surface area contributed by atoms with Crippen LogP contribution in [0.25, 0.3) is 88.5 Å². The molecule has 9 aromatic carbocycles. The minimum Gasteiger partial charge on any atom is -0.455 e. The summed E-state index contributed by atoms with van der Waals surface area (Å²) in [6.07, 6.45) is 0. The molecule has 272 valence electrons. The number of benzene rings is 9. The summed E-state index contributed by atoms with van der Waals surface area (Å²) in [7, 11) is 0. The molecule has 2 aromatic heterocycles. The van der Waals surface area contributed by atoms with E-state index in [-0.39, 0.29) is 0 Å². The summed E-state index contributed by atoms with van der Waals surface area (Å²) in [4.78, 5) is 12.7. The molecule has 0 aliphatic carbocycles. The van der Waals surface area contributed by atoms with E-state index in [1.54, 1.807) is 0 Å². The molecule has 0 fully saturated rings. The van der Waals surface area contributed by atoms with Crippen molar-refractivity contribution in [2.24, 2.45) is 0 Å². The Balaban J connectivity index is 1.01. The maximum Gasteiger partial charge on any atom is 0.160 e. The molecule has 0 saturated heterocycles. The van der Waals surface area contributed by atoms with Crippen LogP contribution in [0.15, 0.2) is 217 Å². The Kier molecular flexibility index (Phi) is 8.11. The van der Waals surface area contributed by atoms with Gasteiger partial charge in [0.05, 0.1) is 11.2 Å². The van der Waals surface area contributed by atoms with E-state index in [4.69, 9.17) is 14.4 Å². The van der Waals surface area contributed by atoms with Gasteiger partial charge in [-0.15, -0.1) is 0 Å². The molecule has 0 aliphatic rings. The number of rotatable bonds is 7. The van der Waals surface area contributed by atoms with Crippen LogP contribution in [-0.2, 0) is 0 Å². The Hall–Kier alpha value is -7.82. The SMILES string of the molecule is c1ccc(-c2ccc(N(c3ccc(-c4ccccc4)cc3)c3ccc(-c4nc(-c5cccc6c5oc5c7ccccc7ccc65)c5ccccc5n4)cc3)cc2)cc1. The monoisotopic (exact) mass is 741 g/mol. The smallest absolute Gasteiger partial charge is 0.160 e. The minimum atomic E-state index is 0.657. The first kappa shape index (κ1) is 33.5. The molecule has 58 heavy (non-hydrogen) atoms. The van der Waals surface area contributed by atoms with E-state index < -0.39 is 0 Å². The molecule has 0 N–H and O–H groups in total. The van der Waals surface area contributed by atoms with Crippen LogP contribution in [0, 0.1) is 0 Å². The third-order valence-electron chi connectivity index (χ3n) is 11.1. The Morgan fingerprint density at radius 3 is 1.47 bits per heavy atom. The van der Waals surface area contributed by atoms with Crippen molar-refractivity contribution in [2.45, 2.75) is 0 Å². The van der Waals surface area contributed by atoms with Crippen LogP contribution in [0.4, 0.5) is 17.1 Å². The van der Waals surface area contributed by atoms with Gasteiger partial charge in [0.2, 0.25) is 0 Å². The molecule has 0 spiro atoms.